The summed E-state index contributed by atoms with van der Waals surface area (Å²) in [5.41, 5.74) is 2.90. The molecule has 29 heavy (non-hydrogen) atoms. The van der Waals surface area contributed by atoms with Crippen molar-refractivity contribution < 1.29 is 4.74 Å². The van der Waals surface area contributed by atoms with Crippen LogP contribution >= 0.6 is 11.6 Å². The van der Waals surface area contributed by atoms with Gasteiger partial charge in [0.25, 0.3) is 0 Å². The molecule has 2 aliphatic rings. The van der Waals surface area contributed by atoms with E-state index in [1.165, 1.54) is 21.8 Å². The maximum absolute atomic E-state index is 6.32. The van der Waals surface area contributed by atoms with Crippen LogP contribution in [-0.4, -0.2) is 29.2 Å². The molecule has 0 saturated heterocycles. The molecule has 5 rings (SSSR count). The molecule has 5 heteroatoms. The fraction of sp³-hybridized carbons (Fsp3) is 0.292. The first-order chi connectivity index (χ1) is 14.3. The van der Waals surface area contributed by atoms with Crippen LogP contribution in [0, 0.1) is 0 Å². The van der Waals surface area contributed by atoms with Crippen LogP contribution in [0.3, 0.4) is 0 Å². The first-order valence-electron chi connectivity index (χ1n) is 10.2. The Kier molecular flexibility index (Phi) is 5.13. The number of aromatic nitrogens is 2. The molecule has 0 saturated carbocycles. The maximum atomic E-state index is 6.32. The van der Waals surface area contributed by atoms with Gasteiger partial charge in [-0.2, -0.15) is 0 Å². The van der Waals surface area contributed by atoms with Gasteiger partial charge in [0, 0.05) is 58.6 Å². The number of nitrogens with one attached hydrogen (secondary N) is 1. The van der Waals surface area contributed by atoms with Crippen LogP contribution in [-0.2, 0) is 19.4 Å². The van der Waals surface area contributed by atoms with Gasteiger partial charge in [-0.05, 0) is 48.0 Å². The zero-order chi connectivity index (χ0) is 19.6. The summed E-state index contributed by atoms with van der Waals surface area (Å²) >= 11 is 6.32. The van der Waals surface area contributed by atoms with E-state index in [4.69, 9.17) is 16.3 Å². The van der Waals surface area contributed by atoms with Crippen molar-refractivity contribution in [3.63, 3.8) is 0 Å². The van der Waals surface area contributed by atoms with Crippen LogP contribution in [0.2, 0.25) is 0 Å². The fourth-order valence-corrected chi connectivity index (χ4v) is 4.58. The minimum atomic E-state index is 0.619. The maximum Gasteiger partial charge on any atom is 0.127 e. The van der Waals surface area contributed by atoms with Gasteiger partial charge >= 0.3 is 0 Å². The van der Waals surface area contributed by atoms with Gasteiger partial charge in [-0.1, -0.05) is 29.8 Å². The number of hydrogen-bond donors (Lipinski definition) is 1. The number of benzene rings is 1. The van der Waals surface area contributed by atoms with Gasteiger partial charge in [-0.3, -0.25) is 4.98 Å². The summed E-state index contributed by atoms with van der Waals surface area (Å²) in [5, 5.41) is 9.23. The van der Waals surface area contributed by atoms with Crippen molar-refractivity contribution in [2.75, 3.05) is 19.7 Å². The predicted octanol–water partition coefficient (Wildman–Crippen LogP) is 2.89. The molecule has 148 valence electrons. The molecule has 1 aliphatic heterocycles. The lowest BCUT2D eigenvalue weighted by molar-refractivity contribution is 0.298. The molecule has 0 atom stereocenters. The van der Waals surface area contributed by atoms with Crippen LogP contribution in [0.25, 0.3) is 22.9 Å². The van der Waals surface area contributed by atoms with Gasteiger partial charge in [-0.15, -0.1) is 0 Å². The van der Waals surface area contributed by atoms with Crippen molar-refractivity contribution in [1.82, 2.24) is 14.9 Å². The zero-order valence-corrected chi connectivity index (χ0v) is 17.1. The number of fused-ring (bicyclic) bond motifs is 4. The molecule has 0 amide bonds. The highest BCUT2D eigenvalue weighted by atomic mass is 35.5. The van der Waals surface area contributed by atoms with Gasteiger partial charge in [-0.25, -0.2) is 0 Å². The Bertz CT molecular complexity index is 1200. The molecule has 2 aromatic heterocycles. The Labute approximate surface area is 175 Å². The van der Waals surface area contributed by atoms with E-state index in [1.807, 2.05) is 36.7 Å². The molecule has 0 bridgehead atoms. The van der Waals surface area contributed by atoms with E-state index in [2.05, 4.69) is 33.1 Å². The predicted molar refractivity (Wildman–Crippen MR) is 119 cm³/mol. The van der Waals surface area contributed by atoms with Crippen molar-refractivity contribution in [2.45, 2.75) is 25.8 Å². The molecule has 3 aromatic rings. The summed E-state index contributed by atoms with van der Waals surface area (Å²) in [6.07, 6.45) is 13.1. The molecule has 0 fully saturated rings. The second kappa shape index (κ2) is 8.05. The van der Waals surface area contributed by atoms with Gasteiger partial charge < -0.3 is 14.6 Å². The highest BCUT2D eigenvalue weighted by Crippen LogP contribution is 2.24. The van der Waals surface area contributed by atoms with Crippen LogP contribution in [0.15, 0.2) is 47.8 Å². The molecule has 1 N–H and O–H groups in total. The van der Waals surface area contributed by atoms with Crippen LogP contribution < -0.4 is 20.6 Å². The van der Waals surface area contributed by atoms with Crippen molar-refractivity contribution in [2.24, 2.45) is 0 Å². The Morgan fingerprint density at radius 2 is 2.07 bits per heavy atom. The standard InChI is InChI=1S/C24H24ClN3O/c25-18-4-6-20-21-9-11-26-13-10-23(21)28(22(20)7-5-18)14-15-29-24-3-1-2-17-16-27-12-8-19(17)24/h1-3,5-8,12,16,26H,4,9-11,13-15H2. The summed E-state index contributed by atoms with van der Waals surface area (Å²) < 4.78 is 8.67. The first kappa shape index (κ1) is 18.5. The molecule has 0 unspecified atom stereocenters. The molecule has 1 aromatic carbocycles. The number of ether oxygens (including phenoxy) is 1. The Balaban J connectivity index is 1.48. The quantitative estimate of drug-likeness (QED) is 0.725. The summed E-state index contributed by atoms with van der Waals surface area (Å²) in [6.45, 7) is 3.48. The highest BCUT2D eigenvalue weighted by molar-refractivity contribution is 6.30. The smallest absolute Gasteiger partial charge is 0.127 e. The molecule has 0 spiro atoms. The summed E-state index contributed by atoms with van der Waals surface area (Å²) in [5.74, 6) is 0.911. The van der Waals surface area contributed by atoms with E-state index in [1.54, 1.807) is 0 Å². The number of pyridine rings is 1. The van der Waals surface area contributed by atoms with E-state index < -0.39 is 0 Å². The summed E-state index contributed by atoms with van der Waals surface area (Å²) in [7, 11) is 0. The van der Waals surface area contributed by atoms with Crippen molar-refractivity contribution in [3.05, 3.63) is 69.6 Å². The Morgan fingerprint density at radius 3 is 3.03 bits per heavy atom. The molecule has 3 heterocycles. The first-order valence-corrected chi connectivity index (χ1v) is 10.6. The van der Waals surface area contributed by atoms with E-state index >= 15 is 0 Å². The summed E-state index contributed by atoms with van der Waals surface area (Å²) in [4.78, 5) is 4.21. The van der Waals surface area contributed by atoms with E-state index in [9.17, 15) is 0 Å². The molecular formula is C24H24ClN3O. The monoisotopic (exact) mass is 405 g/mol. The number of rotatable bonds is 4. The van der Waals surface area contributed by atoms with Gasteiger partial charge in [0.05, 0.1) is 6.54 Å². The zero-order valence-electron chi connectivity index (χ0n) is 16.3. The summed E-state index contributed by atoms with van der Waals surface area (Å²) in [6, 6.07) is 8.13. The lowest BCUT2D eigenvalue weighted by Gasteiger charge is -2.13. The van der Waals surface area contributed by atoms with Gasteiger partial charge in [0.15, 0.2) is 0 Å². The third-order valence-electron chi connectivity index (χ3n) is 5.79. The molecule has 4 nitrogen and oxygen atoms in total. The largest absolute Gasteiger partial charge is 0.491 e. The van der Waals surface area contributed by atoms with Crippen LogP contribution in [0.1, 0.15) is 17.7 Å². The average molecular weight is 406 g/mol. The molecule has 0 radical (unpaired) electrons. The second-order valence-corrected chi connectivity index (χ2v) is 8.00. The highest BCUT2D eigenvalue weighted by Gasteiger charge is 2.17. The lowest BCUT2D eigenvalue weighted by Crippen LogP contribution is -2.32. The van der Waals surface area contributed by atoms with Crippen molar-refractivity contribution in [1.29, 1.82) is 0 Å². The van der Waals surface area contributed by atoms with Crippen molar-refractivity contribution >= 4 is 34.5 Å². The van der Waals surface area contributed by atoms with E-state index in [0.29, 0.717) is 6.61 Å². The third-order valence-corrected chi connectivity index (χ3v) is 6.07. The third kappa shape index (κ3) is 3.59. The minimum absolute atomic E-state index is 0.619. The molecular weight excluding hydrogens is 382 g/mol. The normalized spacial score (nSPS) is 16.0. The van der Waals surface area contributed by atoms with Crippen molar-refractivity contribution in [3.8, 4) is 5.75 Å². The number of halogens is 1. The SMILES string of the molecule is ClC1=CC=c2c(c3c(n2CCOc2cccc4cnccc24)CCNCC3)=CC1. The topological polar surface area (TPSA) is 39.1 Å². The number of allylic oxidation sites excluding steroid dienone is 2. The number of hydrogen-bond acceptors (Lipinski definition) is 3. The van der Waals surface area contributed by atoms with E-state index in [-0.39, 0.29) is 0 Å². The second-order valence-electron chi connectivity index (χ2n) is 7.52. The van der Waals surface area contributed by atoms with Gasteiger partial charge in [0.1, 0.15) is 12.4 Å². The lowest BCUT2D eigenvalue weighted by atomic mass is 10.1. The number of nitrogens with zero attached hydrogens (tertiary/aromatic N) is 2. The molecule has 1 aliphatic carbocycles. The van der Waals surface area contributed by atoms with Gasteiger partial charge in [0.2, 0.25) is 0 Å². The fourth-order valence-electron chi connectivity index (χ4n) is 4.44. The van der Waals surface area contributed by atoms with Crippen LogP contribution in [0.4, 0.5) is 0 Å². The van der Waals surface area contributed by atoms with Crippen LogP contribution in [0.5, 0.6) is 5.75 Å². The van der Waals surface area contributed by atoms with E-state index in [0.717, 1.165) is 60.5 Å². The Morgan fingerprint density at radius 1 is 1.14 bits per heavy atom. The average Bonchev–Trinajstić information content (AvgIpc) is 2.94. The minimum Gasteiger partial charge on any atom is -0.491 e. The Hall–Kier alpha value is -2.56.